The Hall–Kier alpha value is -3.30. The van der Waals surface area contributed by atoms with Gasteiger partial charge in [0.1, 0.15) is 17.2 Å². The number of likely N-dealkylation sites (tertiary alicyclic amines) is 1. The van der Waals surface area contributed by atoms with Crippen LogP contribution in [-0.4, -0.2) is 84.8 Å². The first-order chi connectivity index (χ1) is 17.6. The van der Waals surface area contributed by atoms with Crippen molar-refractivity contribution in [3.63, 3.8) is 0 Å². The van der Waals surface area contributed by atoms with Crippen LogP contribution in [0.4, 0.5) is 17.2 Å². The number of piperidine rings is 1. The third-order valence-electron chi connectivity index (χ3n) is 7.23. The molecule has 0 radical (unpaired) electrons. The van der Waals surface area contributed by atoms with Crippen molar-refractivity contribution in [3.05, 3.63) is 41.6 Å². The molecule has 0 saturated carbocycles. The number of aryl methyl sites for hydroxylation is 1. The van der Waals surface area contributed by atoms with Gasteiger partial charge in [-0.3, -0.25) is 9.69 Å². The molecule has 9 nitrogen and oxygen atoms in total. The number of aromatic nitrogens is 2. The third kappa shape index (κ3) is 4.99. The molecule has 2 saturated heterocycles. The monoisotopic (exact) mass is 492 g/mol. The predicted molar refractivity (Wildman–Crippen MR) is 143 cm³/mol. The highest BCUT2D eigenvalue weighted by molar-refractivity contribution is 5.96. The van der Waals surface area contributed by atoms with E-state index >= 15 is 0 Å². The summed E-state index contributed by atoms with van der Waals surface area (Å²) in [7, 11) is 1.62. The second kappa shape index (κ2) is 10.8. The number of hydrogen-bond donors (Lipinski definition) is 3. The van der Waals surface area contributed by atoms with E-state index in [0.29, 0.717) is 23.2 Å². The van der Waals surface area contributed by atoms with Gasteiger partial charge >= 0.3 is 0 Å². The zero-order valence-corrected chi connectivity index (χ0v) is 21.4. The van der Waals surface area contributed by atoms with E-state index in [1.807, 2.05) is 35.4 Å². The lowest BCUT2D eigenvalue weighted by molar-refractivity contribution is 0.00159. The number of nitrogens with zero attached hydrogens (tertiary/aromatic N) is 3. The van der Waals surface area contributed by atoms with Crippen molar-refractivity contribution in [1.82, 2.24) is 19.8 Å². The number of carbonyl (C=O) groups is 1. The average Bonchev–Trinajstić information content (AvgIpc) is 3.30. The number of amides is 1. The molecule has 36 heavy (non-hydrogen) atoms. The van der Waals surface area contributed by atoms with E-state index in [0.717, 1.165) is 86.8 Å². The highest BCUT2D eigenvalue weighted by Gasteiger charge is 2.28. The molecule has 3 N–H and O–H groups in total. The van der Waals surface area contributed by atoms with Gasteiger partial charge in [-0.2, -0.15) is 0 Å². The number of aromatic amines is 1. The van der Waals surface area contributed by atoms with Crippen LogP contribution in [0.3, 0.4) is 0 Å². The summed E-state index contributed by atoms with van der Waals surface area (Å²) in [6.07, 6.45) is 3.97. The summed E-state index contributed by atoms with van der Waals surface area (Å²) >= 11 is 0. The normalized spacial score (nSPS) is 17.4. The fourth-order valence-electron chi connectivity index (χ4n) is 5.32. The van der Waals surface area contributed by atoms with Gasteiger partial charge in [0.25, 0.3) is 5.91 Å². The zero-order valence-electron chi connectivity index (χ0n) is 21.4. The zero-order chi connectivity index (χ0) is 25.1. The lowest BCUT2D eigenvalue weighted by Gasteiger charge is -2.40. The second-order valence-electron chi connectivity index (χ2n) is 9.49. The largest absolute Gasteiger partial charge is 0.495 e. The molecular formula is C27H36N6O3. The van der Waals surface area contributed by atoms with Crippen molar-refractivity contribution in [2.75, 3.05) is 63.7 Å². The van der Waals surface area contributed by atoms with Crippen LogP contribution in [0, 0.1) is 6.92 Å². The maximum Gasteiger partial charge on any atom is 0.253 e. The molecule has 2 aliphatic rings. The Balaban J connectivity index is 1.29. The fraction of sp³-hybridized carbons (Fsp3) is 0.481. The van der Waals surface area contributed by atoms with Crippen molar-refractivity contribution in [1.29, 1.82) is 0 Å². The van der Waals surface area contributed by atoms with Gasteiger partial charge in [-0.05, 0) is 50.5 Å². The summed E-state index contributed by atoms with van der Waals surface area (Å²) in [4.78, 5) is 25.7. The molecule has 0 unspecified atom stereocenters. The third-order valence-corrected chi connectivity index (χ3v) is 7.23. The molecule has 0 bridgehead atoms. The number of hydrogen-bond acceptors (Lipinski definition) is 7. The number of methoxy groups -OCH3 is 1. The number of anilines is 3. The van der Waals surface area contributed by atoms with Crippen LogP contribution in [-0.2, 0) is 4.74 Å². The van der Waals surface area contributed by atoms with E-state index < -0.39 is 0 Å². The smallest absolute Gasteiger partial charge is 0.253 e. The molecule has 0 atom stereocenters. The van der Waals surface area contributed by atoms with Gasteiger partial charge in [-0.25, -0.2) is 4.98 Å². The first-order valence-corrected chi connectivity index (χ1v) is 12.9. The Labute approximate surface area is 212 Å². The number of nitrogens with one attached hydrogen (secondary N) is 3. The maximum absolute atomic E-state index is 13.3. The molecular weight excluding hydrogens is 456 g/mol. The van der Waals surface area contributed by atoms with Crippen LogP contribution < -0.4 is 15.4 Å². The van der Waals surface area contributed by atoms with E-state index in [9.17, 15) is 4.79 Å². The van der Waals surface area contributed by atoms with Gasteiger partial charge in [-0.1, -0.05) is 0 Å². The number of pyridine rings is 1. The summed E-state index contributed by atoms with van der Waals surface area (Å²) in [5.74, 6) is 1.36. The molecule has 1 aromatic carbocycles. The Bertz CT molecular complexity index is 1210. The molecule has 2 aliphatic heterocycles. The van der Waals surface area contributed by atoms with Crippen LogP contribution in [0.5, 0.6) is 5.75 Å². The molecule has 9 heteroatoms. The number of fused-ring (bicyclic) bond motifs is 1. The van der Waals surface area contributed by atoms with E-state index in [4.69, 9.17) is 14.5 Å². The molecule has 3 aromatic rings. The average molecular weight is 493 g/mol. The molecule has 5 rings (SSSR count). The first-order valence-electron chi connectivity index (χ1n) is 12.9. The number of ether oxygens (including phenoxy) is 2. The summed E-state index contributed by atoms with van der Waals surface area (Å²) < 4.78 is 11.1. The number of morpholine rings is 1. The topological polar surface area (TPSA) is 94.8 Å². The molecule has 2 fully saturated rings. The van der Waals surface area contributed by atoms with Crippen molar-refractivity contribution in [2.24, 2.45) is 0 Å². The maximum atomic E-state index is 13.3. The summed E-state index contributed by atoms with van der Waals surface area (Å²) in [6, 6.07) is 8.12. The van der Waals surface area contributed by atoms with E-state index in [1.54, 1.807) is 7.11 Å². The van der Waals surface area contributed by atoms with Gasteiger partial charge in [0.15, 0.2) is 0 Å². The Morgan fingerprint density at radius 2 is 1.94 bits per heavy atom. The molecule has 4 heterocycles. The van der Waals surface area contributed by atoms with Crippen LogP contribution in [0.15, 0.2) is 30.5 Å². The van der Waals surface area contributed by atoms with Gasteiger partial charge in [0.05, 0.1) is 26.0 Å². The highest BCUT2D eigenvalue weighted by atomic mass is 16.5. The molecule has 0 spiro atoms. The second-order valence-corrected chi connectivity index (χ2v) is 9.49. The van der Waals surface area contributed by atoms with Gasteiger partial charge in [0.2, 0.25) is 0 Å². The molecule has 2 aromatic heterocycles. The fourth-order valence-corrected chi connectivity index (χ4v) is 5.32. The number of benzene rings is 1. The van der Waals surface area contributed by atoms with Crippen molar-refractivity contribution in [2.45, 2.75) is 32.7 Å². The predicted octanol–water partition coefficient (Wildman–Crippen LogP) is 3.99. The van der Waals surface area contributed by atoms with E-state index in [1.165, 1.54) is 0 Å². The SMILES string of the molecule is CCNc1cc(Nc2ccc(C(=O)N3CCC(N4CCOCC4)CC3)cc2OC)nc2[nH]cc(C)c12. The quantitative estimate of drug-likeness (QED) is 0.459. The van der Waals surface area contributed by atoms with E-state index in [2.05, 4.69) is 34.4 Å². The van der Waals surface area contributed by atoms with Crippen LogP contribution >= 0.6 is 0 Å². The van der Waals surface area contributed by atoms with Gasteiger partial charge < -0.3 is 30.0 Å². The Morgan fingerprint density at radius 1 is 1.17 bits per heavy atom. The van der Waals surface area contributed by atoms with Crippen LogP contribution in [0.25, 0.3) is 11.0 Å². The highest BCUT2D eigenvalue weighted by Crippen LogP contribution is 2.33. The van der Waals surface area contributed by atoms with Crippen LogP contribution in [0.1, 0.15) is 35.7 Å². The van der Waals surface area contributed by atoms with Crippen molar-refractivity contribution < 1.29 is 14.3 Å². The number of H-pyrrole nitrogens is 1. The Kier molecular flexibility index (Phi) is 7.29. The minimum absolute atomic E-state index is 0.0520. The summed E-state index contributed by atoms with van der Waals surface area (Å²) in [5, 5.41) is 7.89. The molecule has 1 amide bonds. The van der Waals surface area contributed by atoms with Gasteiger partial charge in [-0.15, -0.1) is 0 Å². The van der Waals surface area contributed by atoms with E-state index in [-0.39, 0.29) is 5.91 Å². The Morgan fingerprint density at radius 3 is 2.67 bits per heavy atom. The number of carbonyl (C=O) groups excluding carboxylic acids is 1. The first kappa shape index (κ1) is 24.4. The standard InChI is InChI=1S/C27H36N6O3/c1-4-28-22-16-24(31-26-25(22)18(2)17-29-26)30-21-6-5-19(15-23(21)35-3)27(34)33-9-7-20(8-10-33)32-11-13-36-14-12-32/h5-6,15-17,20H,4,7-14H2,1-3H3,(H3,28,29,30,31). The minimum Gasteiger partial charge on any atom is -0.495 e. The van der Waals surface area contributed by atoms with Gasteiger partial charge in [0, 0.05) is 67.7 Å². The molecule has 192 valence electrons. The summed E-state index contributed by atoms with van der Waals surface area (Å²) in [5.41, 5.74) is 4.39. The van der Waals surface area contributed by atoms with Crippen molar-refractivity contribution >= 4 is 34.1 Å². The summed E-state index contributed by atoms with van der Waals surface area (Å²) in [6.45, 7) is 10.1. The van der Waals surface area contributed by atoms with Crippen LogP contribution in [0.2, 0.25) is 0 Å². The minimum atomic E-state index is 0.0520. The number of rotatable bonds is 7. The lowest BCUT2D eigenvalue weighted by Crippen LogP contribution is -2.50. The molecule has 0 aliphatic carbocycles. The van der Waals surface area contributed by atoms with Crippen molar-refractivity contribution in [3.8, 4) is 5.75 Å². The lowest BCUT2D eigenvalue weighted by atomic mass is 10.0.